The SMILES string of the molecule is CCOC(=O)C1=C(CS(=O)(=O)c2ccc(C(C)(C)C)cc2)NC(=O)N[C@@H]1c1ccccc1. The van der Waals surface area contributed by atoms with Crippen LogP contribution in [0.1, 0.15) is 44.9 Å². The van der Waals surface area contributed by atoms with Crippen LogP contribution in [-0.2, 0) is 24.8 Å². The second kappa shape index (κ2) is 9.16. The zero-order valence-electron chi connectivity index (χ0n) is 18.6. The summed E-state index contributed by atoms with van der Waals surface area (Å²) in [6.07, 6.45) is 0. The van der Waals surface area contributed by atoms with E-state index in [0.29, 0.717) is 5.56 Å². The van der Waals surface area contributed by atoms with Crippen molar-refractivity contribution in [3.8, 4) is 0 Å². The summed E-state index contributed by atoms with van der Waals surface area (Å²) in [5.74, 6) is -1.21. The number of benzene rings is 2. The number of sulfone groups is 1. The van der Waals surface area contributed by atoms with Crippen molar-refractivity contribution in [3.05, 3.63) is 77.0 Å². The molecule has 0 bridgehead atoms. The van der Waals surface area contributed by atoms with Gasteiger partial charge in [0.1, 0.15) is 0 Å². The average molecular weight is 457 g/mol. The lowest BCUT2D eigenvalue weighted by atomic mass is 9.87. The summed E-state index contributed by atoms with van der Waals surface area (Å²) in [6, 6.07) is 14.1. The van der Waals surface area contributed by atoms with E-state index in [2.05, 4.69) is 10.6 Å². The Morgan fingerprint density at radius 1 is 1.03 bits per heavy atom. The van der Waals surface area contributed by atoms with Gasteiger partial charge in [-0.1, -0.05) is 63.2 Å². The molecule has 1 aliphatic rings. The lowest BCUT2D eigenvalue weighted by molar-refractivity contribution is -0.139. The second-order valence-electron chi connectivity index (χ2n) is 8.59. The number of esters is 1. The van der Waals surface area contributed by atoms with Crippen molar-refractivity contribution in [3.63, 3.8) is 0 Å². The molecule has 2 amide bonds. The predicted molar refractivity (Wildman–Crippen MR) is 122 cm³/mol. The van der Waals surface area contributed by atoms with Crippen LogP contribution in [0.25, 0.3) is 0 Å². The quantitative estimate of drug-likeness (QED) is 0.647. The number of carbonyl (C=O) groups is 2. The Hall–Kier alpha value is -3.13. The summed E-state index contributed by atoms with van der Waals surface area (Å²) in [5.41, 5.74) is 1.62. The molecule has 1 aliphatic heterocycles. The fraction of sp³-hybridized carbons (Fsp3) is 0.333. The Morgan fingerprint density at radius 3 is 2.22 bits per heavy atom. The smallest absolute Gasteiger partial charge is 0.338 e. The minimum absolute atomic E-state index is 0.0148. The molecule has 8 heteroatoms. The number of amides is 2. The number of hydrogen-bond donors (Lipinski definition) is 2. The van der Waals surface area contributed by atoms with Crippen molar-refractivity contribution >= 4 is 21.8 Å². The van der Waals surface area contributed by atoms with Crippen molar-refractivity contribution in [1.29, 1.82) is 0 Å². The van der Waals surface area contributed by atoms with Crippen molar-refractivity contribution in [2.45, 2.75) is 44.0 Å². The minimum atomic E-state index is -3.84. The third-order valence-electron chi connectivity index (χ3n) is 5.20. The summed E-state index contributed by atoms with van der Waals surface area (Å²) in [6.45, 7) is 7.91. The summed E-state index contributed by atoms with van der Waals surface area (Å²) >= 11 is 0. The first-order chi connectivity index (χ1) is 15.0. The summed E-state index contributed by atoms with van der Waals surface area (Å²) in [5, 5.41) is 5.21. The van der Waals surface area contributed by atoms with Crippen molar-refractivity contribution in [2.24, 2.45) is 0 Å². The molecule has 32 heavy (non-hydrogen) atoms. The Labute approximate surface area is 188 Å². The molecule has 1 heterocycles. The molecule has 3 rings (SSSR count). The van der Waals surface area contributed by atoms with Gasteiger partial charge < -0.3 is 15.4 Å². The first-order valence-corrected chi connectivity index (χ1v) is 12.0. The molecule has 0 fully saturated rings. The van der Waals surface area contributed by atoms with Gasteiger partial charge in [0.05, 0.1) is 28.9 Å². The second-order valence-corrected chi connectivity index (χ2v) is 10.6. The first-order valence-electron chi connectivity index (χ1n) is 10.4. The molecule has 2 aromatic carbocycles. The van der Waals surface area contributed by atoms with Crippen LogP contribution in [-0.4, -0.2) is 32.8 Å². The van der Waals surface area contributed by atoms with Crippen molar-refractivity contribution < 1.29 is 22.7 Å². The van der Waals surface area contributed by atoms with Gasteiger partial charge in [-0.25, -0.2) is 18.0 Å². The Bertz CT molecular complexity index is 1130. The number of carbonyl (C=O) groups excluding carboxylic acids is 2. The third kappa shape index (κ3) is 5.19. The highest BCUT2D eigenvalue weighted by Crippen LogP contribution is 2.30. The monoisotopic (exact) mass is 456 g/mol. The molecule has 0 saturated carbocycles. The maximum absolute atomic E-state index is 13.2. The van der Waals surface area contributed by atoms with Crippen molar-refractivity contribution in [2.75, 3.05) is 12.4 Å². The van der Waals surface area contributed by atoms with E-state index >= 15 is 0 Å². The van der Waals surface area contributed by atoms with Crippen LogP contribution in [0.2, 0.25) is 0 Å². The number of ether oxygens (including phenoxy) is 1. The molecule has 0 aromatic heterocycles. The maximum Gasteiger partial charge on any atom is 0.338 e. The van der Waals surface area contributed by atoms with Crippen LogP contribution >= 0.6 is 0 Å². The lowest BCUT2D eigenvalue weighted by Crippen LogP contribution is -2.47. The zero-order chi connectivity index (χ0) is 23.5. The van der Waals surface area contributed by atoms with E-state index in [9.17, 15) is 18.0 Å². The molecule has 0 aliphatic carbocycles. The Balaban J connectivity index is 2.04. The standard InChI is InChI=1S/C24H28N2O5S/c1-5-31-22(27)20-19(25-23(28)26-21(20)16-9-7-6-8-10-16)15-32(29,30)18-13-11-17(12-14-18)24(2,3)4/h6-14,21H,5,15H2,1-4H3,(H2,25,26,28)/t21-/m1/s1. The van der Waals surface area contributed by atoms with E-state index in [-0.39, 0.29) is 28.2 Å². The van der Waals surface area contributed by atoms with Crippen LogP contribution in [0, 0.1) is 0 Å². The zero-order valence-corrected chi connectivity index (χ0v) is 19.5. The topological polar surface area (TPSA) is 102 Å². The maximum atomic E-state index is 13.2. The van der Waals surface area contributed by atoms with Gasteiger partial charge in [-0.2, -0.15) is 0 Å². The van der Waals surface area contributed by atoms with Crippen LogP contribution in [0.3, 0.4) is 0 Å². The molecule has 7 nitrogen and oxygen atoms in total. The largest absolute Gasteiger partial charge is 0.463 e. The van der Waals surface area contributed by atoms with Crippen LogP contribution in [0.15, 0.2) is 70.8 Å². The summed E-state index contributed by atoms with van der Waals surface area (Å²) in [4.78, 5) is 25.3. The first kappa shape index (κ1) is 23.5. The molecule has 0 spiro atoms. The van der Waals surface area contributed by atoms with Gasteiger partial charge in [-0.05, 0) is 35.6 Å². The molecule has 2 aromatic rings. The van der Waals surface area contributed by atoms with Crippen LogP contribution < -0.4 is 10.6 Å². The fourth-order valence-corrected chi connectivity index (χ4v) is 4.84. The van der Waals surface area contributed by atoms with Gasteiger partial charge in [0.15, 0.2) is 9.84 Å². The van der Waals surface area contributed by atoms with Crippen LogP contribution in [0.4, 0.5) is 4.79 Å². The molecule has 0 saturated heterocycles. The van der Waals surface area contributed by atoms with Gasteiger partial charge in [0, 0.05) is 5.70 Å². The number of hydrogen-bond acceptors (Lipinski definition) is 5. The minimum Gasteiger partial charge on any atom is -0.463 e. The van der Waals surface area contributed by atoms with Gasteiger partial charge in [-0.3, -0.25) is 0 Å². The fourth-order valence-electron chi connectivity index (χ4n) is 3.51. The van der Waals surface area contributed by atoms with E-state index in [4.69, 9.17) is 4.74 Å². The Morgan fingerprint density at radius 2 is 1.66 bits per heavy atom. The van der Waals surface area contributed by atoms with E-state index < -0.39 is 33.6 Å². The Kier molecular flexibility index (Phi) is 6.74. The highest BCUT2D eigenvalue weighted by atomic mass is 32.2. The average Bonchev–Trinajstić information content (AvgIpc) is 2.73. The molecular weight excluding hydrogens is 428 g/mol. The molecule has 170 valence electrons. The van der Waals surface area contributed by atoms with Gasteiger partial charge in [-0.15, -0.1) is 0 Å². The van der Waals surface area contributed by atoms with Gasteiger partial charge in [0.25, 0.3) is 0 Å². The van der Waals surface area contributed by atoms with Crippen molar-refractivity contribution in [1.82, 2.24) is 10.6 Å². The number of urea groups is 1. The number of rotatable bonds is 6. The van der Waals surface area contributed by atoms with E-state index in [0.717, 1.165) is 5.56 Å². The molecule has 2 N–H and O–H groups in total. The van der Waals surface area contributed by atoms with Gasteiger partial charge >= 0.3 is 12.0 Å². The van der Waals surface area contributed by atoms with Gasteiger partial charge in [0.2, 0.25) is 0 Å². The summed E-state index contributed by atoms with van der Waals surface area (Å²) in [7, 11) is -3.84. The molecule has 0 unspecified atom stereocenters. The molecule has 0 radical (unpaired) electrons. The normalized spacial score (nSPS) is 16.9. The van der Waals surface area contributed by atoms with E-state index in [1.807, 2.05) is 26.8 Å². The third-order valence-corrected chi connectivity index (χ3v) is 6.85. The highest BCUT2D eigenvalue weighted by Gasteiger charge is 2.35. The molecule has 1 atom stereocenters. The van der Waals surface area contributed by atoms with E-state index in [1.165, 1.54) is 0 Å². The highest BCUT2D eigenvalue weighted by molar-refractivity contribution is 7.91. The molecular formula is C24H28N2O5S. The summed E-state index contributed by atoms with van der Waals surface area (Å²) < 4.78 is 31.5. The van der Waals surface area contributed by atoms with Crippen LogP contribution in [0.5, 0.6) is 0 Å². The number of nitrogens with one attached hydrogen (secondary N) is 2. The van der Waals surface area contributed by atoms with E-state index in [1.54, 1.807) is 55.5 Å². The predicted octanol–water partition coefficient (Wildman–Crippen LogP) is 3.63. The lowest BCUT2D eigenvalue weighted by Gasteiger charge is -2.29.